The molecule has 2 aromatic carbocycles. The Hall–Kier alpha value is -3.82. The number of alkyl halides is 3. The van der Waals surface area contributed by atoms with Crippen LogP contribution in [-0.4, -0.2) is 29.2 Å². The van der Waals surface area contributed by atoms with Crippen LogP contribution in [0.1, 0.15) is 23.1 Å². The van der Waals surface area contributed by atoms with Gasteiger partial charge in [-0.1, -0.05) is 24.3 Å². The van der Waals surface area contributed by atoms with Gasteiger partial charge in [-0.3, -0.25) is 0 Å². The first-order valence-corrected chi connectivity index (χ1v) is 9.51. The highest BCUT2D eigenvalue weighted by Gasteiger charge is 2.30. The van der Waals surface area contributed by atoms with E-state index >= 15 is 0 Å². The van der Waals surface area contributed by atoms with Gasteiger partial charge < -0.3 is 18.6 Å². The molecule has 0 saturated carbocycles. The Morgan fingerprint density at radius 3 is 2.16 bits per heavy atom. The zero-order valence-corrected chi connectivity index (χ0v) is 17.1. The van der Waals surface area contributed by atoms with Gasteiger partial charge in [0, 0.05) is 0 Å². The molecule has 2 heterocycles. The Morgan fingerprint density at radius 2 is 1.56 bits per heavy atom. The lowest BCUT2D eigenvalue weighted by Gasteiger charge is -2.18. The topological polar surface area (TPSA) is 79.5 Å². The van der Waals surface area contributed by atoms with Crippen molar-refractivity contribution >= 4 is 11.1 Å². The number of benzene rings is 2. The summed E-state index contributed by atoms with van der Waals surface area (Å²) in [6.45, 7) is 0. The van der Waals surface area contributed by atoms with Gasteiger partial charge in [-0.25, -0.2) is 4.98 Å². The molecule has 166 valence electrons. The molecule has 0 fully saturated rings. The fraction of sp³-hybridized carbons (Fsp3) is 0.227. The van der Waals surface area contributed by atoms with Crippen LogP contribution in [0, 0.1) is 0 Å². The summed E-state index contributed by atoms with van der Waals surface area (Å²) < 4.78 is 61.0. The lowest BCUT2D eigenvalue weighted by atomic mass is 10.0. The normalized spacial score (nSPS) is 12.5. The van der Waals surface area contributed by atoms with Crippen molar-refractivity contribution in [1.82, 2.24) is 15.0 Å². The van der Waals surface area contributed by atoms with Gasteiger partial charge in [-0.2, -0.15) is 23.1 Å². The van der Waals surface area contributed by atoms with Gasteiger partial charge in [0.2, 0.25) is 11.8 Å². The number of halogens is 3. The lowest BCUT2D eigenvalue weighted by Crippen LogP contribution is -2.14. The first-order chi connectivity index (χ1) is 15.4. The molecule has 1 unspecified atom stereocenters. The minimum absolute atomic E-state index is 0.0674. The third-order valence-electron chi connectivity index (χ3n) is 4.63. The standard InChI is InChI=1S/C22H18F3N3O4/c1-29-18-12-19(30-2)28-21(27-18)32-17(13-7-9-14(10-8-13)22(23,24)25)11-20-26-15-5-3-4-6-16(15)31-20/h3-10,12,17H,11H2,1-2H3. The van der Waals surface area contributed by atoms with E-state index in [2.05, 4.69) is 15.0 Å². The van der Waals surface area contributed by atoms with Crippen molar-refractivity contribution in [1.29, 1.82) is 0 Å². The molecule has 0 amide bonds. The highest BCUT2D eigenvalue weighted by molar-refractivity contribution is 5.72. The monoisotopic (exact) mass is 445 g/mol. The summed E-state index contributed by atoms with van der Waals surface area (Å²) in [6, 6.07) is 13.3. The molecular formula is C22H18F3N3O4. The molecule has 0 spiro atoms. The van der Waals surface area contributed by atoms with Gasteiger partial charge >= 0.3 is 12.2 Å². The number of ether oxygens (including phenoxy) is 3. The SMILES string of the molecule is COc1cc(OC)nc(OC(Cc2nc3ccccc3o2)c2ccc(C(F)(F)F)cc2)n1. The maximum absolute atomic E-state index is 13.0. The van der Waals surface area contributed by atoms with Crippen molar-refractivity contribution in [3.05, 3.63) is 71.6 Å². The smallest absolute Gasteiger partial charge is 0.416 e. The first-order valence-electron chi connectivity index (χ1n) is 9.51. The molecule has 0 aliphatic heterocycles. The van der Waals surface area contributed by atoms with Gasteiger partial charge in [-0.05, 0) is 29.8 Å². The predicted molar refractivity (Wildman–Crippen MR) is 108 cm³/mol. The molecule has 1 atom stereocenters. The van der Waals surface area contributed by atoms with Crippen LogP contribution in [0.4, 0.5) is 13.2 Å². The summed E-state index contributed by atoms with van der Waals surface area (Å²) in [5.41, 5.74) is 0.952. The molecule has 0 saturated heterocycles. The molecule has 4 aromatic rings. The zero-order valence-electron chi connectivity index (χ0n) is 17.1. The van der Waals surface area contributed by atoms with E-state index in [1.54, 1.807) is 12.1 Å². The van der Waals surface area contributed by atoms with Crippen molar-refractivity contribution in [3.8, 4) is 17.8 Å². The number of nitrogens with zero attached hydrogens (tertiary/aromatic N) is 3. The molecule has 32 heavy (non-hydrogen) atoms. The van der Waals surface area contributed by atoms with Gasteiger partial charge in [0.05, 0.1) is 32.3 Å². The number of hydrogen-bond donors (Lipinski definition) is 0. The molecule has 0 radical (unpaired) electrons. The number of hydrogen-bond acceptors (Lipinski definition) is 7. The van der Waals surface area contributed by atoms with Crippen LogP contribution < -0.4 is 14.2 Å². The Labute approximate surface area is 180 Å². The molecule has 10 heteroatoms. The molecule has 0 aliphatic carbocycles. The quantitative estimate of drug-likeness (QED) is 0.395. The minimum atomic E-state index is -4.45. The second kappa shape index (κ2) is 8.74. The van der Waals surface area contributed by atoms with E-state index in [0.29, 0.717) is 22.6 Å². The predicted octanol–water partition coefficient (Wildman–Crippen LogP) is 5.02. The average molecular weight is 445 g/mol. The third kappa shape index (κ3) is 4.74. The first kappa shape index (κ1) is 21.4. The molecule has 2 aromatic heterocycles. The van der Waals surface area contributed by atoms with E-state index in [0.717, 1.165) is 12.1 Å². The van der Waals surface area contributed by atoms with Crippen LogP contribution in [0.2, 0.25) is 0 Å². The van der Waals surface area contributed by atoms with Crippen molar-refractivity contribution < 1.29 is 31.8 Å². The number of fused-ring (bicyclic) bond motifs is 1. The maximum Gasteiger partial charge on any atom is 0.416 e. The van der Waals surface area contributed by atoms with Gasteiger partial charge in [0.15, 0.2) is 11.5 Å². The van der Waals surface area contributed by atoms with E-state index in [-0.39, 0.29) is 24.2 Å². The molecule has 0 bridgehead atoms. The number of oxazole rings is 1. The zero-order chi connectivity index (χ0) is 22.7. The lowest BCUT2D eigenvalue weighted by molar-refractivity contribution is -0.137. The van der Waals surface area contributed by atoms with E-state index in [9.17, 15) is 13.2 Å². The van der Waals surface area contributed by atoms with Crippen molar-refractivity contribution in [2.24, 2.45) is 0 Å². The second-order valence-electron chi connectivity index (χ2n) is 6.74. The summed E-state index contributed by atoms with van der Waals surface area (Å²) in [5, 5.41) is 0. The number of rotatable bonds is 7. The van der Waals surface area contributed by atoms with Crippen molar-refractivity contribution in [2.75, 3.05) is 14.2 Å². The Bertz CT molecular complexity index is 1150. The van der Waals surface area contributed by atoms with Crippen molar-refractivity contribution in [2.45, 2.75) is 18.7 Å². The number of methoxy groups -OCH3 is 2. The van der Waals surface area contributed by atoms with Crippen LogP contribution in [0.25, 0.3) is 11.1 Å². The molecular weight excluding hydrogens is 427 g/mol. The highest BCUT2D eigenvalue weighted by Crippen LogP contribution is 2.32. The van der Waals surface area contributed by atoms with E-state index in [1.807, 2.05) is 12.1 Å². The molecule has 0 N–H and O–H groups in total. The van der Waals surface area contributed by atoms with Crippen LogP contribution in [0.5, 0.6) is 17.8 Å². The van der Waals surface area contributed by atoms with Crippen LogP contribution in [0.3, 0.4) is 0 Å². The van der Waals surface area contributed by atoms with Crippen LogP contribution in [0.15, 0.2) is 59.0 Å². The van der Waals surface area contributed by atoms with E-state index in [1.165, 1.54) is 32.4 Å². The van der Waals surface area contributed by atoms with Crippen LogP contribution >= 0.6 is 0 Å². The Balaban J connectivity index is 1.69. The van der Waals surface area contributed by atoms with E-state index in [4.69, 9.17) is 18.6 Å². The summed E-state index contributed by atoms with van der Waals surface area (Å²) in [5.74, 6) is 0.769. The van der Waals surface area contributed by atoms with Gasteiger partial charge in [-0.15, -0.1) is 0 Å². The summed E-state index contributed by atoms with van der Waals surface area (Å²) in [4.78, 5) is 12.7. The summed E-state index contributed by atoms with van der Waals surface area (Å²) >= 11 is 0. The minimum Gasteiger partial charge on any atom is -0.481 e. The summed E-state index contributed by atoms with van der Waals surface area (Å²) in [6.07, 6.45) is -5.11. The van der Waals surface area contributed by atoms with E-state index < -0.39 is 17.8 Å². The van der Waals surface area contributed by atoms with Crippen molar-refractivity contribution in [3.63, 3.8) is 0 Å². The largest absolute Gasteiger partial charge is 0.481 e. The summed E-state index contributed by atoms with van der Waals surface area (Å²) in [7, 11) is 2.86. The number of para-hydroxylation sites is 2. The molecule has 7 nitrogen and oxygen atoms in total. The Morgan fingerprint density at radius 1 is 0.906 bits per heavy atom. The highest BCUT2D eigenvalue weighted by atomic mass is 19.4. The number of aromatic nitrogens is 3. The van der Waals surface area contributed by atoms with Gasteiger partial charge in [0.25, 0.3) is 0 Å². The maximum atomic E-state index is 13.0. The van der Waals surface area contributed by atoms with Crippen LogP contribution in [-0.2, 0) is 12.6 Å². The molecule has 4 rings (SSSR count). The third-order valence-corrected chi connectivity index (χ3v) is 4.63. The fourth-order valence-corrected chi connectivity index (χ4v) is 3.05. The van der Waals surface area contributed by atoms with Gasteiger partial charge in [0.1, 0.15) is 11.6 Å². The second-order valence-corrected chi connectivity index (χ2v) is 6.74. The fourth-order valence-electron chi connectivity index (χ4n) is 3.05. The Kier molecular flexibility index (Phi) is 5.85. The average Bonchev–Trinajstić information content (AvgIpc) is 3.20. The molecule has 0 aliphatic rings.